The molecule has 1 atom stereocenters. The van der Waals surface area contributed by atoms with Gasteiger partial charge in [0.05, 0.1) is 11.9 Å². The molecule has 0 aromatic heterocycles. The van der Waals surface area contributed by atoms with E-state index in [1.807, 2.05) is 77.1 Å². The fourth-order valence-corrected chi connectivity index (χ4v) is 5.09. The van der Waals surface area contributed by atoms with Crippen LogP contribution in [-0.2, 0) is 26.2 Å². The predicted molar refractivity (Wildman–Crippen MR) is 142 cm³/mol. The molecule has 0 aliphatic rings. The first-order valence-corrected chi connectivity index (χ1v) is 14.0. The van der Waals surface area contributed by atoms with Gasteiger partial charge < -0.3 is 10.2 Å². The van der Waals surface area contributed by atoms with E-state index in [1.54, 1.807) is 4.90 Å². The molecule has 192 valence electrons. The highest BCUT2D eigenvalue weighted by Crippen LogP contribution is 2.25. The topological polar surface area (TPSA) is 86.8 Å². The lowest BCUT2D eigenvalue weighted by Gasteiger charge is -2.31. The van der Waals surface area contributed by atoms with Gasteiger partial charge in [0, 0.05) is 26.1 Å². The summed E-state index contributed by atoms with van der Waals surface area (Å²) in [6, 6.07) is 13.0. The van der Waals surface area contributed by atoms with Gasteiger partial charge in [0.15, 0.2) is 0 Å². The number of likely N-dealkylation sites (N-methyl/N-ethyl adjacent to an activating group) is 1. The number of benzene rings is 2. The normalized spacial score (nSPS) is 12.2. The van der Waals surface area contributed by atoms with Crippen LogP contribution >= 0.6 is 0 Å². The molecular weight excluding hydrogens is 462 g/mol. The number of nitrogens with one attached hydrogen (secondary N) is 1. The summed E-state index contributed by atoms with van der Waals surface area (Å²) in [6.45, 7) is 10.5. The summed E-state index contributed by atoms with van der Waals surface area (Å²) >= 11 is 0. The van der Waals surface area contributed by atoms with E-state index in [2.05, 4.69) is 5.32 Å². The second-order valence-electron chi connectivity index (χ2n) is 9.05. The lowest BCUT2D eigenvalue weighted by Crippen LogP contribution is -2.49. The summed E-state index contributed by atoms with van der Waals surface area (Å²) in [6.07, 6.45) is 2.15. The van der Waals surface area contributed by atoms with Crippen molar-refractivity contribution in [3.8, 4) is 0 Å². The van der Waals surface area contributed by atoms with Crippen molar-refractivity contribution in [1.82, 2.24) is 10.2 Å². The van der Waals surface area contributed by atoms with E-state index >= 15 is 0 Å². The standard InChI is InChI=1S/C27H39N3O4S/c1-7-24(27(32)28-8-2)29(19-23-15-12-20(3)13-16-23)26(31)10-9-17-30(35(6,33)34)25-18-21(4)11-14-22(25)5/h11-16,18,24H,7-10,17,19H2,1-6H3,(H,28,32)/t24-/m0/s1. The number of hydrogen-bond acceptors (Lipinski definition) is 4. The van der Waals surface area contributed by atoms with E-state index in [0.717, 1.165) is 22.3 Å². The maximum absolute atomic E-state index is 13.4. The van der Waals surface area contributed by atoms with E-state index in [0.29, 0.717) is 31.6 Å². The third-order valence-corrected chi connectivity index (χ3v) is 7.18. The van der Waals surface area contributed by atoms with Crippen molar-refractivity contribution in [2.45, 2.75) is 66.5 Å². The summed E-state index contributed by atoms with van der Waals surface area (Å²) < 4.78 is 26.5. The van der Waals surface area contributed by atoms with Crippen molar-refractivity contribution in [2.24, 2.45) is 0 Å². The number of rotatable bonds is 12. The second kappa shape index (κ2) is 12.7. The number of amides is 2. The summed E-state index contributed by atoms with van der Waals surface area (Å²) in [7, 11) is -3.53. The third kappa shape index (κ3) is 8.09. The Hall–Kier alpha value is -2.87. The number of carbonyl (C=O) groups excluding carboxylic acids is 2. The predicted octanol–water partition coefficient (Wildman–Crippen LogP) is 4.10. The number of aryl methyl sites for hydroxylation is 3. The molecule has 0 saturated carbocycles. The molecule has 2 rings (SSSR count). The van der Waals surface area contributed by atoms with E-state index in [-0.39, 0.29) is 24.8 Å². The Morgan fingerprint density at radius 1 is 0.971 bits per heavy atom. The van der Waals surface area contributed by atoms with E-state index in [4.69, 9.17) is 0 Å². The zero-order chi connectivity index (χ0) is 26.2. The Balaban J connectivity index is 2.23. The molecule has 35 heavy (non-hydrogen) atoms. The summed E-state index contributed by atoms with van der Waals surface area (Å²) in [5, 5.41) is 2.83. The monoisotopic (exact) mass is 501 g/mol. The van der Waals surface area contributed by atoms with Gasteiger partial charge in [-0.1, -0.05) is 48.9 Å². The van der Waals surface area contributed by atoms with Gasteiger partial charge >= 0.3 is 0 Å². The molecule has 0 heterocycles. The molecule has 0 bridgehead atoms. The largest absolute Gasteiger partial charge is 0.355 e. The lowest BCUT2D eigenvalue weighted by atomic mass is 10.1. The molecule has 0 fully saturated rings. The van der Waals surface area contributed by atoms with Crippen LogP contribution in [0.3, 0.4) is 0 Å². The molecule has 0 radical (unpaired) electrons. The van der Waals surface area contributed by atoms with E-state index < -0.39 is 16.1 Å². The van der Waals surface area contributed by atoms with Crippen LogP contribution in [0, 0.1) is 20.8 Å². The molecule has 2 aromatic carbocycles. The number of carbonyl (C=O) groups is 2. The Kier molecular flexibility index (Phi) is 10.3. The Bertz CT molecular complexity index is 1110. The third-order valence-electron chi connectivity index (χ3n) is 6.00. The van der Waals surface area contributed by atoms with Crippen LogP contribution in [0.5, 0.6) is 0 Å². The fraction of sp³-hybridized carbons (Fsp3) is 0.481. The minimum atomic E-state index is -3.53. The second-order valence-corrected chi connectivity index (χ2v) is 11.0. The first kappa shape index (κ1) is 28.4. The van der Waals surface area contributed by atoms with Crippen LogP contribution in [0.25, 0.3) is 0 Å². The molecule has 0 spiro atoms. The Morgan fingerprint density at radius 2 is 1.60 bits per heavy atom. The van der Waals surface area contributed by atoms with E-state index in [9.17, 15) is 18.0 Å². The average molecular weight is 502 g/mol. The van der Waals surface area contributed by atoms with Crippen molar-refractivity contribution >= 4 is 27.5 Å². The van der Waals surface area contributed by atoms with Gasteiger partial charge in [-0.05, 0) is 63.3 Å². The summed E-state index contributed by atoms with van der Waals surface area (Å²) in [5.74, 6) is -0.346. The molecule has 2 amide bonds. The van der Waals surface area contributed by atoms with Gasteiger partial charge in [0.2, 0.25) is 21.8 Å². The molecule has 0 aliphatic carbocycles. The SMILES string of the molecule is CCNC(=O)[C@H](CC)N(Cc1ccc(C)cc1)C(=O)CCCN(c1cc(C)ccc1C)S(C)(=O)=O. The molecule has 0 unspecified atom stereocenters. The van der Waals surface area contributed by atoms with Crippen molar-refractivity contribution < 1.29 is 18.0 Å². The lowest BCUT2D eigenvalue weighted by molar-refractivity contribution is -0.141. The molecule has 8 heteroatoms. The van der Waals surface area contributed by atoms with Crippen LogP contribution in [-0.4, -0.2) is 50.5 Å². The van der Waals surface area contributed by atoms with Crippen LogP contribution in [0.4, 0.5) is 5.69 Å². The van der Waals surface area contributed by atoms with Crippen molar-refractivity contribution in [3.05, 3.63) is 64.7 Å². The zero-order valence-corrected chi connectivity index (χ0v) is 22.6. The van der Waals surface area contributed by atoms with E-state index in [1.165, 1.54) is 10.6 Å². The minimum Gasteiger partial charge on any atom is -0.355 e. The number of sulfonamides is 1. The van der Waals surface area contributed by atoms with Gasteiger partial charge in [0.25, 0.3) is 0 Å². The Morgan fingerprint density at radius 3 is 2.17 bits per heavy atom. The molecular formula is C27H39N3O4S. The molecule has 1 N–H and O–H groups in total. The first-order valence-electron chi connectivity index (χ1n) is 12.2. The first-order chi connectivity index (χ1) is 16.5. The van der Waals surface area contributed by atoms with Gasteiger partial charge in [-0.2, -0.15) is 0 Å². The summed E-state index contributed by atoms with van der Waals surface area (Å²) in [4.78, 5) is 27.8. The minimum absolute atomic E-state index is 0.138. The fourth-order valence-electron chi connectivity index (χ4n) is 4.07. The van der Waals surface area contributed by atoms with Gasteiger partial charge in [0.1, 0.15) is 6.04 Å². The number of anilines is 1. The molecule has 7 nitrogen and oxygen atoms in total. The maximum Gasteiger partial charge on any atom is 0.242 e. The number of nitrogens with zero attached hydrogens (tertiary/aromatic N) is 2. The smallest absolute Gasteiger partial charge is 0.242 e. The quantitative estimate of drug-likeness (QED) is 0.474. The van der Waals surface area contributed by atoms with Crippen molar-refractivity contribution in [3.63, 3.8) is 0 Å². The number of hydrogen-bond donors (Lipinski definition) is 1. The van der Waals surface area contributed by atoms with Crippen molar-refractivity contribution in [2.75, 3.05) is 23.7 Å². The van der Waals surface area contributed by atoms with Crippen LogP contribution in [0.15, 0.2) is 42.5 Å². The highest BCUT2D eigenvalue weighted by molar-refractivity contribution is 7.92. The maximum atomic E-state index is 13.4. The van der Waals surface area contributed by atoms with Gasteiger partial charge in [-0.3, -0.25) is 13.9 Å². The summed E-state index contributed by atoms with van der Waals surface area (Å²) in [5.41, 5.74) is 4.52. The average Bonchev–Trinajstić information content (AvgIpc) is 2.79. The van der Waals surface area contributed by atoms with Crippen LogP contribution in [0.2, 0.25) is 0 Å². The van der Waals surface area contributed by atoms with Crippen LogP contribution in [0.1, 0.15) is 55.4 Å². The highest BCUT2D eigenvalue weighted by Gasteiger charge is 2.28. The zero-order valence-electron chi connectivity index (χ0n) is 21.8. The molecule has 0 aliphatic heterocycles. The van der Waals surface area contributed by atoms with Gasteiger partial charge in [-0.15, -0.1) is 0 Å². The molecule has 2 aromatic rings. The molecule has 0 saturated heterocycles. The highest BCUT2D eigenvalue weighted by atomic mass is 32.2. The Labute approximate surface area is 210 Å². The van der Waals surface area contributed by atoms with Crippen molar-refractivity contribution in [1.29, 1.82) is 0 Å². The van der Waals surface area contributed by atoms with Gasteiger partial charge in [-0.25, -0.2) is 8.42 Å². The van der Waals surface area contributed by atoms with Crippen LogP contribution < -0.4 is 9.62 Å².